The van der Waals surface area contributed by atoms with Crippen molar-refractivity contribution in [3.05, 3.63) is 60.3 Å². The van der Waals surface area contributed by atoms with Crippen molar-refractivity contribution in [2.24, 2.45) is 0 Å². The van der Waals surface area contributed by atoms with Gasteiger partial charge in [-0.3, -0.25) is 4.98 Å². The zero-order valence-corrected chi connectivity index (χ0v) is 11.2. The van der Waals surface area contributed by atoms with Gasteiger partial charge in [0.1, 0.15) is 6.54 Å². The molecule has 18 heavy (non-hydrogen) atoms. The average molecular weight is 244 g/mol. The van der Waals surface area contributed by atoms with Gasteiger partial charge >= 0.3 is 0 Å². The van der Waals surface area contributed by atoms with E-state index in [1.165, 1.54) is 17.8 Å². The van der Waals surface area contributed by atoms with Crippen LogP contribution in [0.4, 0.5) is 0 Å². The maximum absolute atomic E-state index is 10.2. The minimum absolute atomic E-state index is 0.178. The molecule has 0 aliphatic carbocycles. The number of pyridine rings is 1. The van der Waals surface area contributed by atoms with Gasteiger partial charge in [-0.2, -0.15) is 0 Å². The first-order chi connectivity index (χ1) is 8.47. The number of benzene rings is 1. The zero-order valence-electron chi connectivity index (χ0n) is 11.2. The molecule has 0 saturated heterocycles. The van der Waals surface area contributed by atoms with Gasteiger partial charge in [0.15, 0.2) is 0 Å². The Kier molecular flexibility index (Phi) is 5.33. The van der Waals surface area contributed by atoms with Crippen LogP contribution in [0.5, 0.6) is 5.88 Å². The van der Waals surface area contributed by atoms with Crippen molar-refractivity contribution >= 4 is 0 Å². The summed E-state index contributed by atoms with van der Waals surface area (Å²) in [7, 11) is 6.60. The van der Waals surface area contributed by atoms with E-state index in [9.17, 15) is 5.11 Å². The zero-order chi connectivity index (χ0) is 13.4. The molecule has 1 aromatic heterocycles. The number of nitrogens with zero attached hydrogens (tertiary/aromatic N) is 2. The van der Waals surface area contributed by atoms with E-state index in [0.717, 1.165) is 11.0 Å². The third-order valence-electron chi connectivity index (χ3n) is 2.14. The summed E-state index contributed by atoms with van der Waals surface area (Å²) >= 11 is 0. The van der Waals surface area contributed by atoms with Crippen molar-refractivity contribution in [3.8, 4) is 5.88 Å². The molecule has 0 aliphatic rings. The second kappa shape index (κ2) is 6.77. The highest BCUT2D eigenvalue weighted by Gasteiger charge is 2.06. The number of rotatable bonds is 2. The Morgan fingerprint density at radius 1 is 0.944 bits per heavy atom. The predicted molar refractivity (Wildman–Crippen MR) is 71.9 cm³/mol. The SMILES string of the molecule is C[N+](C)(C)Cc1ccccc1.[O-]c1ccccn1. The van der Waals surface area contributed by atoms with Gasteiger partial charge < -0.3 is 9.59 Å². The van der Waals surface area contributed by atoms with Crippen LogP contribution in [-0.4, -0.2) is 30.6 Å². The van der Waals surface area contributed by atoms with Crippen LogP contribution in [0.15, 0.2) is 54.7 Å². The lowest BCUT2D eigenvalue weighted by atomic mass is 10.2. The summed E-state index contributed by atoms with van der Waals surface area (Å²) in [5.74, 6) is -0.178. The fourth-order valence-electron chi connectivity index (χ4n) is 1.48. The third-order valence-corrected chi connectivity index (χ3v) is 2.14. The van der Waals surface area contributed by atoms with Crippen molar-refractivity contribution in [2.75, 3.05) is 21.1 Å². The summed E-state index contributed by atoms with van der Waals surface area (Å²) in [6.45, 7) is 1.10. The Morgan fingerprint density at radius 3 is 1.94 bits per heavy atom. The maximum atomic E-state index is 10.2. The highest BCUT2D eigenvalue weighted by atomic mass is 16.3. The van der Waals surface area contributed by atoms with E-state index in [2.05, 4.69) is 56.5 Å². The number of hydrogen-bond donors (Lipinski definition) is 0. The van der Waals surface area contributed by atoms with Crippen molar-refractivity contribution in [2.45, 2.75) is 6.54 Å². The number of aromatic nitrogens is 1. The maximum Gasteiger partial charge on any atom is 0.104 e. The van der Waals surface area contributed by atoms with Gasteiger partial charge in [0, 0.05) is 11.8 Å². The van der Waals surface area contributed by atoms with E-state index >= 15 is 0 Å². The molecular formula is C15H20N2O. The molecule has 0 atom stereocenters. The lowest BCUT2D eigenvalue weighted by molar-refractivity contribution is -0.884. The monoisotopic (exact) mass is 244 g/mol. The van der Waals surface area contributed by atoms with Gasteiger partial charge in [0.05, 0.1) is 21.1 Å². The van der Waals surface area contributed by atoms with Gasteiger partial charge in [0.2, 0.25) is 0 Å². The standard InChI is InChI=1S/C10H16N.C5H5NO/c1-11(2,3)9-10-7-5-4-6-8-10;7-5-3-1-2-4-6-5/h4-8H,9H2,1-3H3;1-4H,(H,6,7)/q+1;/p-1. The highest BCUT2D eigenvalue weighted by Crippen LogP contribution is 2.05. The number of hydrogen-bond acceptors (Lipinski definition) is 2. The topological polar surface area (TPSA) is 36.0 Å². The minimum Gasteiger partial charge on any atom is -0.859 e. The van der Waals surface area contributed by atoms with E-state index in [0.29, 0.717) is 0 Å². The summed E-state index contributed by atoms with van der Waals surface area (Å²) < 4.78 is 0.990. The predicted octanol–water partition coefficient (Wildman–Crippen LogP) is 2.05. The summed E-state index contributed by atoms with van der Waals surface area (Å²) in [6, 6.07) is 15.4. The lowest BCUT2D eigenvalue weighted by Gasteiger charge is -2.23. The normalized spacial score (nSPS) is 10.4. The van der Waals surface area contributed by atoms with Crippen molar-refractivity contribution in [1.29, 1.82) is 0 Å². The van der Waals surface area contributed by atoms with Gasteiger partial charge in [-0.05, 0) is 11.9 Å². The van der Waals surface area contributed by atoms with E-state index in [4.69, 9.17) is 0 Å². The van der Waals surface area contributed by atoms with E-state index in [1.54, 1.807) is 12.1 Å². The lowest BCUT2D eigenvalue weighted by Crippen LogP contribution is -2.33. The molecule has 1 aromatic carbocycles. The van der Waals surface area contributed by atoms with Crippen molar-refractivity contribution < 1.29 is 9.59 Å². The summed E-state index contributed by atoms with van der Waals surface area (Å²) in [5.41, 5.74) is 1.40. The summed E-state index contributed by atoms with van der Waals surface area (Å²) in [6.07, 6.45) is 1.47. The van der Waals surface area contributed by atoms with Crippen LogP contribution in [0, 0.1) is 0 Å². The van der Waals surface area contributed by atoms with Crippen LogP contribution in [0.2, 0.25) is 0 Å². The second-order valence-corrected chi connectivity index (χ2v) is 5.10. The first kappa shape index (κ1) is 14.2. The second-order valence-electron chi connectivity index (χ2n) is 5.10. The largest absolute Gasteiger partial charge is 0.859 e. The fraction of sp³-hybridized carbons (Fsp3) is 0.267. The van der Waals surface area contributed by atoms with Crippen LogP contribution in [0.1, 0.15) is 5.56 Å². The van der Waals surface area contributed by atoms with Crippen molar-refractivity contribution in [3.63, 3.8) is 0 Å². The van der Waals surface area contributed by atoms with E-state index in [1.807, 2.05) is 0 Å². The molecule has 0 amide bonds. The molecule has 0 radical (unpaired) electrons. The smallest absolute Gasteiger partial charge is 0.104 e. The molecule has 3 nitrogen and oxygen atoms in total. The quantitative estimate of drug-likeness (QED) is 0.758. The highest BCUT2D eigenvalue weighted by molar-refractivity contribution is 5.13. The summed E-state index contributed by atoms with van der Waals surface area (Å²) in [5, 5.41) is 10.2. The molecule has 1 heterocycles. The van der Waals surface area contributed by atoms with Gasteiger partial charge in [0.25, 0.3) is 0 Å². The van der Waals surface area contributed by atoms with E-state index < -0.39 is 0 Å². The van der Waals surface area contributed by atoms with Gasteiger partial charge in [-0.1, -0.05) is 42.5 Å². The Hall–Kier alpha value is -1.87. The molecule has 3 heteroatoms. The van der Waals surface area contributed by atoms with Crippen LogP contribution in [-0.2, 0) is 6.54 Å². The van der Waals surface area contributed by atoms with Crippen LogP contribution >= 0.6 is 0 Å². The molecule has 0 spiro atoms. The minimum atomic E-state index is -0.178. The molecule has 0 unspecified atom stereocenters. The molecular weight excluding hydrogens is 224 g/mol. The Bertz CT molecular complexity index is 435. The van der Waals surface area contributed by atoms with Crippen LogP contribution in [0.25, 0.3) is 0 Å². The first-order valence-electron chi connectivity index (χ1n) is 5.90. The molecule has 0 aliphatic heterocycles. The number of quaternary nitrogens is 1. The Labute approximate surface area is 109 Å². The molecule has 96 valence electrons. The van der Waals surface area contributed by atoms with Crippen LogP contribution < -0.4 is 5.11 Å². The third kappa shape index (κ3) is 6.66. The molecule has 0 bridgehead atoms. The Morgan fingerprint density at radius 2 is 1.56 bits per heavy atom. The Balaban J connectivity index is 0.000000199. The molecule has 0 N–H and O–H groups in total. The molecule has 0 fully saturated rings. The van der Waals surface area contributed by atoms with Crippen molar-refractivity contribution in [1.82, 2.24) is 4.98 Å². The first-order valence-corrected chi connectivity index (χ1v) is 5.90. The molecule has 2 rings (SSSR count). The summed E-state index contributed by atoms with van der Waals surface area (Å²) in [4.78, 5) is 3.42. The fourth-order valence-corrected chi connectivity index (χ4v) is 1.48. The van der Waals surface area contributed by atoms with Gasteiger partial charge in [-0.15, -0.1) is 0 Å². The molecule has 0 saturated carbocycles. The average Bonchev–Trinajstić information content (AvgIpc) is 2.30. The van der Waals surface area contributed by atoms with E-state index in [-0.39, 0.29) is 5.88 Å². The molecule has 2 aromatic rings. The van der Waals surface area contributed by atoms with Crippen LogP contribution in [0.3, 0.4) is 0 Å². The van der Waals surface area contributed by atoms with Gasteiger partial charge in [-0.25, -0.2) is 0 Å².